The molecule has 3 aromatic rings. The first-order chi connectivity index (χ1) is 16.4. The molecule has 2 heterocycles. The molecule has 1 amide bonds. The van der Waals surface area contributed by atoms with Gasteiger partial charge in [0.25, 0.3) is 5.91 Å². The van der Waals surface area contributed by atoms with Crippen molar-refractivity contribution in [1.29, 1.82) is 0 Å². The number of rotatable bonds is 6. The molecule has 8 heteroatoms. The van der Waals surface area contributed by atoms with Gasteiger partial charge in [-0.1, -0.05) is 17.7 Å². The Kier molecular flexibility index (Phi) is 7.15. The molecule has 0 aliphatic carbocycles. The number of benzene rings is 2. The van der Waals surface area contributed by atoms with Gasteiger partial charge in [0.1, 0.15) is 13.2 Å². The molecule has 0 spiro atoms. The van der Waals surface area contributed by atoms with Crippen molar-refractivity contribution in [3.05, 3.63) is 70.5 Å². The quantitative estimate of drug-likeness (QED) is 0.427. The smallest absolute Gasteiger partial charge is 0.257 e. The summed E-state index contributed by atoms with van der Waals surface area (Å²) < 4.78 is 13.3. The molecule has 178 valence electrons. The van der Waals surface area contributed by atoms with E-state index in [1.54, 1.807) is 6.07 Å². The fraction of sp³-hybridized carbons (Fsp3) is 0.346. The number of nitrogens with zero attached hydrogens (tertiary/aromatic N) is 3. The van der Waals surface area contributed by atoms with Crippen molar-refractivity contribution in [2.75, 3.05) is 25.1 Å². The lowest BCUT2D eigenvalue weighted by Gasteiger charge is -2.19. The van der Waals surface area contributed by atoms with Crippen LogP contribution in [0, 0.1) is 20.8 Å². The molecule has 34 heavy (non-hydrogen) atoms. The van der Waals surface area contributed by atoms with Crippen molar-refractivity contribution in [3.8, 4) is 11.5 Å². The fourth-order valence-electron chi connectivity index (χ4n) is 4.02. The zero-order chi connectivity index (χ0) is 24.1. The van der Waals surface area contributed by atoms with E-state index in [9.17, 15) is 4.79 Å². The summed E-state index contributed by atoms with van der Waals surface area (Å²) in [5, 5.41) is 10.8. The number of fused-ring (bicyclic) bond motifs is 1. The zero-order valence-electron chi connectivity index (χ0n) is 20.1. The molecule has 2 aromatic carbocycles. The number of hydrogen-bond donors (Lipinski definition) is 2. The van der Waals surface area contributed by atoms with Crippen LogP contribution in [0.15, 0.2) is 47.5 Å². The van der Waals surface area contributed by atoms with E-state index in [0.717, 1.165) is 35.6 Å². The number of guanidine groups is 1. The molecule has 4 rings (SSSR count). The third kappa shape index (κ3) is 5.39. The van der Waals surface area contributed by atoms with Crippen molar-refractivity contribution in [2.45, 2.75) is 40.7 Å². The first-order valence-corrected chi connectivity index (χ1v) is 11.6. The Labute approximate surface area is 200 Å². The molecule has 0 unspecified atom stereocenters. The summed E-state index contributed by atoms with van der Waals surface area (Å²) in [4.78, 5) is 17.6. The monoisotopic (exact) mass is 461 g/mol. The summed E-state index contributed by atoms with van der Waals surface area (Å²) in [5.41, 5.74) is 5.70. The van der Waals surface area contributed by atoms with E-state index in [4.69, 9.17) is 14.5 Å². The summed E-state index contributed by atoms with van der Waals surface area (Å²) in [5.74, 6) is 1.52. The molecule has 1 aliphatic heterocycles. The highest BCUT2D eigenvalue weighted by atomic mass is 16.6. The number of aryl methyl sites for hydroxylation is 3. The predicted molar refractivity (Wildman–Crippen MR) is 133 cm³/mol. The van der Waals surface area contributed by atoms with Gasteiger partial charge in [-0.15, -0.1) is 0 Å². The summed E-state index contributed by atoms with van der Waals surface area (Å²) in [6, 6.07) is 13.0. The van der Waals surface area contributed by atoms with Crippen LogP contribution in [0.2, 0.25) is 0 Å². The van der Waals surface area contributed by atoms with E-state index in [1.807, 2.05) is 54.9 Å². The number of anilines is 1. The number of nitrogens with one attached hydrogen (secondary N) is 2. The van der Waals surface area contributed by atoms with Crippen molar-refractivity contribution in [3.63, 3.8) is 0 Å². The first kappa shape index (κ1) is 23.4. The Morgan fingerprint density at radius 3 is 2.62 bits per heavy atom. The number of aliphatic imine (C=N–C) groups is 1. The van der Waals surface area contributed by atoms with Crippen LogP contribution in [0.25, 0.3) is 0 Å². The maximum absolute atomic E-state index is 12.9. The summed E-state index contributed by atoms with van der Waals surface area (Å²) in [7, 11) is 0. The van der Waals surface area contributed by atoms with Crippen molar-refractivity contribution >= 4 is 17.6 Å². The van der Waals surface area contributed by atoms with Gasteiger partial charge in [0.05, 0.1) is 5.69 Å². The maximum Gasteiger partial charge on any atom is 0.257 e. The van der Waals surface area contributed by atoms with Gasteiger partial charge in [-0.3, -0.25) is 19.8 Å². The number of hydrogen-bond acceptors (Lipinski definition) is 5. The average molecular weight is 462 g/mol. The molecule has 0 fully saturated rings. The summed E-state index contributed by atoms with van der Waals surface area (Å²) >= 11 is 0. The lowest BCUT2D eigenvalue weighted by Crippen LogP contribution is -2.36. The number of amides is 1. The highest BCUT2D eigenvalue weighted by molar-refractivity contribution is 6.10. The average Bonchev–Trinajstić information content (AvgIpc) is 3.11. The minimum atomic E-state index is -0.223. The Morgan fingerprint density at radius 2 is 1.88 bits per heavy atom. The molecular weight excluding hydrogens is 430 g/mol. The molecule has 0 saturated carbocycles. The normalized spacial score (nSPS) is 13.0. The van der Waals surface area contributed by atoms with E-state index in [1.165, 1.54) is 5.56 Å². The minimum absolute atomic E-state index is 0.223. The van der Waals surface area contributed by atoms with Gasteiger partial charge in [-0.05, 0) is 63.9 Å². The molecule has 1 aliphatic rings. The van der Waals surface area contributed by atoms with E-state index < -0.39 is 0 Å². The second kappa shape index (κ2) is 10.4. The van der Waals surface area contributed by atoms with E-state index >= 15 is 0 Å². The van der Waals surface area contributed by atoms with Crippen molar-refractivity contribution < 1.29 is 14.3 Å². The van der Waals surface area contributed by atoms with E-state index in [-0.39, 0.29) is 5.91 Å². The summed E-state index contributed by atoms with van der Waals surface area (Å²) in [6.45, 7) is 10.5. The lowest BCUT2D eigenvalue weighted by atomic mass is 10.1. The first-order valence-electron chi connectivity index (χ1n) is 11.6. The topological polar surface area (TPSA) is 89.8 Å². The highest BCUT2D eigenvalue weighted by Gasteiger charge is 2.15. The van der Waals surface area contributed by atoms with E-state index in [2.05, 4.69) is 29.6 Å². The third-order valence-corrected chi connectivity index (χ3v) is 5.78. The fourth-order valence-corrected chi connectivity index (χ4v) is 4.02. The Morgan fingerprint density at radius 1 is 1.09 bits per heavy atom. The van der Waals surface area contributed by atoms with Gasteiger partial charge in [0.2, 0.25) is 5.96 Å². The predicted octanol–water partition coefficient (Wildman–Crippen LogP) is 4.04. The lowest BCUT2D eigenvalue weighted by molar-refractivity contribution is 0.0977. The van der Waals surface area contributed by atoms with Gasteiger partial charge in [0, 0.05) is 36.1 Å². The van der Waals surface area contributed by atoms with Crippen LogP contribution in [-0.2, 0) is 13.0 Å². The number of ether oxygens (including phenoxy) is 2. The van der Waals surface area contributed by atoms with Gasteiger partial charge in [-0.25, -0.2) is 0 Å². The molecular formula is C26H31N5O3. The van der Waals surface area contributed by atoms with Gasteiger partial charge in [0.15, 0.2) is 11.5 Å². The molecule has 0 saturated heterocycles. The molecule has 0 radical (unpaired) electrons. The maximum atomic E-state index is 12.9. The van der Waals surface area contributed by atoms with Crippen molar-refractivity contribution in [2.24, 2.45) is 4.99 Å². The SMILES string of the molecule is CCn1nc(C)c(CCN=C(NC(=O)c2cccc(C)c2)Nc2ccc3c(c2)OCCO3)c1C. The summed E-state index contributed by atoms with van der Waals surface area (Å²) in [6.07, 6.45) is 0.726. The Bertz CT molecular complexity index is 1220. The van der Waals surface area contributed by atoms with Crippen LogP contribution in [0.3, 0.4) is 0 Å². The second-order valence-electron chi connectivity index (χ2n) is 8.25. The third-order valence-electron chi connectivity index (χ3n) is 5.78. The molecule has 0 atom stereocenters. The van der Waals surface area contributed by atoms with Crippen LogP contribution in [0.5, 0.6) is 11.5 Å². The standard InChI is InChI=1S/C26H31N5O3/c1-5-31-19(4)22(18(3)30-31)11-12-27-26(29-25(32)20-8-6-7-17(2)15-20)28-21-9-10-23-24(16-21)34-14-13-33-23/h6-10,15-16H,5,11-14H2,1-4H3,(H2,27,28,29,32). The van der Waals surface area contributed by atoms with E-state index in [0.29, 0.717) is 42.8 Å². The van der Waals surface area contributed by atoms with Crippen LogP contribution in [0.4, 0.5) is 5.69 Å². The van der Waals surface area contributed by atoms with Gasteiger partial charge < -0.3 is 14.8 Å². The minimum Gasteiger partial charge on any atom is -0.486 e. The molecule has 2 N–H and O–H groups in total. The molecule has 8 nitrogen and oxygen atoms in total. The molecule has 1 aromatic heterocycles. The molecule has 0 bridgehead atoms. The van der Waals surface area contributed by atoms with Crippen molar-refractivity contribution in [1.82, 2.24) is 15.1 Å². The van der Waals surface area contributed by atoms with Crippen LogP contribution >= 0.6 is 0 Å². The van der Waals surface area contributed by atoms with Crippen LogP contribution in [0.1, 0.15) is 39.8 Å². The van der Waals surface area contributed by atoms with Gasteiger partial charge >= 0.3 is 0 Å². The van der Waals surface area contributed by atoms with Crippen LogP contribution < -0.4 is 20.1 Å². The largest absolute Gasteiger partial charge is 0.486 e. The van der Waals surface area contributed by atoms with Gasteiger partial charge in [-0.2, -0.15) is 5.10 Å². The zero-order valence-corrected chi connectivity index (χ0v) is 20.1. The number of carbonyl (C=O) groups excluding carboxylic acids is 1. The van der Waals surface area contributed by atoms with Crippen LogP contribution in [-0.4, -0.2) is 41.4 Å². The Balaban J connectivity index is 1.54. The highest BCUT2D eigenvalue weighted by Crippen LogP contribution is 2.32. The second-order valence-corrected chi connectivity index (χ2v) is 8.25. The number of aromatic nitrogens is 2. The Hall–Kier alpha value is -3.81. The number of carbonyl (C=O) groups is 1.